The van der Waals surface area contributed by atoms with E-state index in [2.05, 4.69) is 5.18 Å². The molecule has 0 saturated carbocycles. The molecule has 1 aliphatic rings. The molecule has 0 atom stereocenters. The van der Waals surface area contributed by atoms with Gasteiger partial charge in [-0.2, -0.15) is 0 Å². The van der Waals surface area contributed by atoms with Gasteiger partial charge in [0.2, 0.25) is 0 Å². The molecule has 2 rings (SSSR count). The molecule has 1 heterocycles. The highest BCUT2D eigenvalue weighted by molar-refractivity contribution is 5.92. The normalized spacial score (nSPS) is 15.8. The summed E-state index contributed by atoms with van der Waals surface area (Å²) >= 11 is 0. The minimum absolute atomic E-state index is 0.321. The second-order valence-corrected chi connectivity index (χ2v) is 4.41. The van der Waals surface area contributed by atoms with Crippen molar-refractivity contribution in [2.45, 2.75) is 13.5 Å². The van der Waals surface area contributed by atoms with E-state index in [9.17, 15) is 9.70 Å². The molecule has 1 aromatic rings. The zero-order valence-corrected chi connectivity index (χ0v) is 11.7. The van der Waals surface area contributed by atoms with Gasteiger partial charge in [-0.1, -0.05) is 30.3 Å². The molecule has 0 saturated heterocycles. The van der Waals surface area contributed by atoms with Crippen LogP contribution < -0.4 is 0 Å². The Bertz CT molecular complexity index is 603. The maximum Gasteiger partial charge on any atom is 0.339 e. The molecule has 108 valence electrons. The Balaban J connectivity index is 2.24. The van der Waals surface area contributed by atoms with E-state index in [1.54, 1.807) is 30.2 Å². The Hall–Kier alpha value is -2.69. The second-order valence-electron chi connectivity index (χ2n) is 4.41. The molecule has 1 aliphatic heterocycles. The van der Waals surface area contributed by atoms with Crippen molar-refractivity contribution in [3.05, 3.63) is 76.6 Å². The molecule has 5 heteroatoms. The number of hydrogen-bond donors (Lipinski definition) is 0. The number of nitrogens with zero attached hydrogens (tertiary/aromatic N) is 2. The largest absolute Gasteiger partial charge is 0.462 e. The van der Waals surface area contributed by atoms with Crippen LogP contribution in [0, 0.1) is 4.91 Å². The summed E-state index contributed by atoms with van der Waals surface area (Å²) in [6.07, 6.45) is 6.19. The van der Waals surface area contributed by atoms with E-state index in [0.717, 1.165) is 5.56 Å². The number of hydrogen-bond acceptors (Lipinski definition) is 5. The molecule has 0 aliphatic carbocycles. The first kappa shape index (κ1) is 14.7. The van der Waals surface area contributed by atoms with Gasteiger partial charge in [0.1, 0.15) is 0 Å². The van der Waals surface area contributed by atoms with Crippen LogP contribution in [-0.2, 0) is 16.1 Å². The highest BCUT2D eigenvalue weighted by atomic mass is 16.5. The average molecular weight is 284 g/mol. The van der Waals surface area contributed by atoms with E-state index >= 15 is 0 Å². The predicted molar refractivity (Wildman–Crippen MR) is 79.7 cm³/mol. The molecular formula is C16H16N2O3. The summed E-state index contributed by atoms with van der Waals surface area (Å²) in [6.45, 7) is 2.62. The lowest BCUT2D eigenvalue weighted by Gasteiger charge is -2.24. The van der Waals surface area contributed by atoms with Crippen LogP contribution >= 0.6 is 0 Å². The van der Waals surface area contributed by atoms with Crippen LogP contribution in [0.1, 0.15) is 12.5 Å². The first-order valence-corrected chi connectivity index (χ1v) is 6.65. The van der Waals surface area contributed by atoms with Crippen molar-refractivity contribution in [3.8, 4) is 0 Å². The molecule has 0 fully saturated rings. The number of ether oxygens (including phenoxy) is 1. The van der Waals surface area contributed by atoms with Gasteiger partial charge >= 0.3 is 5.97 Å². The molecule has 0 bridgehead atoms. The zero-order chi connectivity index (χ0) is 15.1. The van der Waals surface area contributed by atoms with Gasteiger partial charge in [0.25, 0.3) is 0 Å². The quantitative estimate of drug-likeness (QED) is 0.615. The van der Waals surface area contributed by atoms with Crippen LogP contribution in [0.25, 0.3) is 0 Å². The first-order valence-electron chi connectivity index (χ1n) is 6.65. The summed E-state index contributed by atoms with van der Waals surface area (Å²) < 4.78 is 4.99. The number of esters is 1. The lowest BCUT2D eigenvalue weighted by molar-refractivity contribution is -0.138. The summed E-state index contributed by atoms with van der Waals surface area (Å²) in [5.74, 6) is -0.384. The third kappa shape index (κ3) is 3.89. The van der Waals surface area contributed by atoms with E-state index in [4.69, 9.17) is 4.74 Å². The van der Waals surface area contributed by atoms with Gasteiger partial charge in [-0.05, 0) is 29.8 Å². The lowest BCUT2D eigenvalue weighted by atomic mass is 10.1. The second kappa shape index (κ2) is 7.19. The number of carbonyl (C=O) groups is 1. The fourth-order valence-electron chi connectivity index (χ4n) is 1.98. The zero-order valence-electron chi connectivity index (χ0n) is 11.7. The predicted octanol–water partition coefficient (Wildman–Crippen LogP) is 3.11. The SMILES string of the molecule is CCOC(=O)C1=CN(Cc2ccccc2)C(=CN=O)C=C1. The molecule has 0 amide bonds. The molecule has 0 N–H and O–H groups in total. The molecule has 0 unspecified atom stereocenters. The van der Waals surface area contributed by atoms with Crippen LogP contribution in [0.4, 0.5) is 0 Å². The number of nitroso groups, excluding NO2 is 1. The van der Waals surface area contributed by atoms with E-state index in [1.807, 2.05) is 30.3 Å². The third-order valence-electron chi connectivity index (χ3n) is 2.95. The van der Waals surface area contributed by atoms with Gasteiger partial charge in [-0.3, -0.25) is 0 Å². The van der Waals surface area contributed by atoms with Crippen molar-refractivity contribution in [3.63, 3.8) is 0 Å². The van der Waals surface area contributed by atoms with Crippen LogP contribution in [0.3, 0.4) is 0 Å². The van der Waals surface area contributed by atoms with Crippen LogP contribution in [0.2, 0.25) is 0 Å². The van der Waals surface area contributed by atoms with E-state index < -0.39 is 0 Å². The van der Waals surface area contributed by atoms with Crippen LogP contribution in [0.15, 0.2) is 71.3 Å². The van der Waals surface area contributed by atoms with E-state index in [1.165, 1.54) is 6.20 Å². The van der Waals surface area contributed by atoms with Crippen LogP contribution in [0.5, 0.6) is 0 Å². The van der Waals surface area contributed by atoms with Crippen molar-refractivity contribution >= 4 is 5.97 Å². The molecule has 0 aromatic heterocycles. The first-order chi connectivity index (χ1) is 10.2. The summed E-state index contributed by atoms with van der Waals surface area (Å²) in [5, 5.41) is 2.81. The van der Waals surface area contributed by atoms with Gasteiger partial charge < -0.3 is 9.64 Å². The average Bonchev–Trinajstić information content (AvgIpc) is 2.50. The van der Waals surface area contributed by atoms with Gasteiger partial charge in [0, 0.05) is 12.7 Å². The summed E-state index contributed by atoms with van der Waals surface area (Å²) in [6, 6.07) is 9.76. The van der Waals surface area contributed by atoms with E-state index in [-0.39, 0.29) is 5.97 Å². The summed E-state index contributed by atoms with van der Waals surface area (Å²) in [7, 11) is 0. The van der Waals surface area contributed by atoms with Crippen molar-refractivity contribution in [1.29, 1.82) is 0 Å². The molecular weight excluding hydrogens is 268 g/mol. The van der Waals surface area contributed by atoms with Gasteiger partial charge in [0.15, 0.2) is 0 Å². The molecule has 1 aromatic carbocycles. The van der Waals surface area contributed by atoms with E-state index in [0.29, 0.717) is 24.4 Å². The van der Waals surface area contributed by atoms with Crippen LogP contribution in [-0.4, -0.2) is 17.5 Å². The Kier molecular flexibility index (Phi) is 5.04. The lowest BCUT2D eigenvalue weighted by Crippen LogP contribution is -2.21. The standard InChI is InChI=1S/C16H16N2O3/c1-2-21-16(19)14-8-9-15(10-17-20)18(12-14)11-13-6-4-3-5-7-13/h3-10,12H,2,11H2,1H3. The molecule has 21 heavy (non-hydrogen) atoms. The fourth-order valence-corrected chi connectivity index (χ4v) is 1.98. The number of rotatable bonds is 5. The van der Waals surface area contributed by atoms with Crippen molar-refractivity contribution in [2.24, 2.45) is 5.18 Å². The summed E-state index contributed by atoms with van der Waals surface area (Å²) in [5.41, 5.74) is 2.13. The monoisotopic (exact) mass is 284 g/mol. The maximum absolute atomic E-state index is 11.8. The number of benzene rings is 1. The topological polar surface area (TPSA) is 59.0 Å². The van der Waals surface area contributed by atoms with Gasteiger partial charge in [0.05, 0.1) is 24.1 Å². The Morgan fingerprint density at radius 1 is 1.29 bits per heavy atom. The minimum atomic E-state index is -0.384. The highest BCUT2D eigenvalue weighted by Crippen LogP contribution is 2.21. The van der Waals surface area contributed by atoms with Crippen molar-refractivity contribution in [1.82, 2.24) is 4.90 Å². The number of allylic oxidation sites excluding steroid dienone is 1. The van der Waals surface area contributed by atoms with Gasteiger partial charge in [-0.25, -0.2) is 4.79 Å². The van der Waals surface area contributed by atoms with Gasteiger partial charge in [-0.15, -0.1) is 4.91 Å². The Labute approximate surface area is 123 Å². The molecule has 5 nitrogen and oxygen atoms in total. The Morgan fingerprint density at radius 2 is 2.05 bits per heavy atom. The Morgan fingerprint density at radius 3 is 2.71 bits per heavy atom. The fraction of sp³-hybridized carbons (Fsp3) is 0.188. The molecule has 0 spiro atoms. The van der Waals surface area contributed by atoms with Crippen molar-refractivity contribution < 1.29 is 9.53 Å². The summed E-state index contributed by atoms with van der Waals surface area (Å²) in [4.78, 5) is 24.1. The number of carbonyl (C=O) groups excluding carboxylic acids is 1. The minimum Gasteiger partial charge on any atom is -0.462 e. The molecule has 0 radical (unpaired) electrons. The smallest absolute Gasteiger partial charge is 0.339 e. The highest BCUT2D eigenvalue weighted by Gasteiger charge is 2.16. The van der Waals surface area contributed by atoms with Crippen molar-refractivity contribution in [2.75, 3.05) is 6.61 Å². The maximum atomic E-state index is 11.8. The third-order valence-corrected chi connectivity index (χ3v) is 2.95.